The zero-order chi connectivity index (χ0) is 21.8. The highest BCUT2D eigenvalue weighted by Gasteiger charge is 2.09. The molecule has 30 heavy (non-hydrogen) atoms. The Kier molecular flexibility index (Phi) is 11.2. The number of aryl methyl sites for hydroxylation is 1. The van der Waals surface area contributed by atoms with Crippen LogP contribution in [0.2, 0.25) is 10.0 Å². The van der Waals surface area contributed by atoms with E-state index in [1.807, 2.05) is 37.3 Å². The number of rotatable bonds is 12. The molecule has 2 rings (SSSR count). The number of unbranched alkanes of at least 4 members (excludes halogenated alkanes) is 2. The first-order valence-electron chi connectivity index (χ1n) is 9.43. The van der Waals surface area contributed by atoms with Crippen LogP contribution < -0.4 is 9.47 Å². The van der Waals surface area contributed by atoms with Crippen LogP contribution >= 0.6 is 46.4 Å². The predicted octanol–water partition coefficient (Wildman–Crippen LogP) is 7.60. The van der Waals surface area contributed by atoms with E-state index in [0.717, 1.165) is 30.4 Å². The minimum Gasteiger partial charge on any atom is -0.492 e. The highest BCUT2D eigenvalue weighted by molar-refractivity contribution is 6.55. The molecule has 0 bridgehead atoms. The van der Waals surface area contributed by atoms with E-state index in [1.54, 1.807) is 18.4 Å². The molecule has 162 valence electrons. The average Bonchev–Trinajstić information content (AvgIpc) is 2.69. The van der Waals surface area contributed by atoms with Crippen molar-refractivity contribution in [3.05, 3.63) is 68.1 Å². The van der Waals surface area contributed by atoms with Crippen molar-refractivity contribution in [1.82, 2.24) is 0 Å². The number of nitrogens with zero attached hydrogens (tertiary/aromatic N) is 1. The number of ether oxygens (including phenoxy) is 2. The molecule has 0 spiro atoms. The van der Waals surface area contributed by atoms with Crippen molar-refractivity contribution in [2.24, 2.45) is 5.16 Å². The molecule has 0 saturated carbocycles. The maximum Gasteiger partial charge on any atom is 0.141 e. The van der Waals surface area contributed by atoms with Gasteiger partial charge >= 0.3 is 0 Å². The zero-order valence-corrected chi connectivity index (χ0v) is 19.6. The zero-order valence-electron chi connectivity index (χ0n) is 16.5. The Balaban J connectivity index is 1.63. The van der Waals surface area contributed by atoms with Crippen molar-refractivity contribution in [2.45, 2.75) is 26.2 Å². The highest BCUT2D eigenvalue weighted by Crippen LogP contribution is 2.33. The van der Waals surface area contributed by atoms with Gasteiger partial charge in [-0.2, -0.15) is 0 Å². The fourth-order valence-electron chi connectivity index (χ4n) is 2.49. The first kappa shape index (κ1) is 24.7. The molecule has 0 aliphatic rings. The van der Waals surface area contributed by atoms with E-state index >= 15 is 0 Å². The Morgan fingerprint density at radius 2 is 1.70 bits per heavy atom. The van der Waals surface area contributed by atoms with Crippen LogP contribution in [0.25, 0.3) is 0 Å². The van der Waals surface area contributed by atoms with Crippen molar-refractivity contribution in [3.8, 4) is 11.5 Å². The Morgan fingerprint density at radius 1 is 0.967 bits per heavy atom. The van der Waals surface area contributed by atoms with Crippen LogP contribution in [0.1, 0.15) is 30.4 Å². The lowest BCUT2D eigenvalue weighted by Crippen LogP contribution is -2.01. The number of oxime groups is 1. The third-order valence-electron chi connectivity index (χ3n) is 3.96. The normalized spacial score (nSPS) is 10.8. The summed E-state index contributed by atoms with van der Waals surface area (Å²) in [6, 6.07) is 11.0. The third kappa shape index (κ3) is 9.48. The summed E-state index contributed by atoms with van der Waals surface area (Å²) in [5, 5.41) is 5.15. The van der Waals surface area contributed by atoms with Crippen molar-refractivity contribution < 1.29 is 14.3 Å². The van der Waals surface area contributed by atoms with E-state index in [2.05, 4.69) is 5.16 Å². The van der Waals surface area contributed by atoms with Gasteiger partial charge in [0.25, 0.3) is 0 Å². The summed E-state index contributed by atoms with van der Waals surface area (Å²) in [5.41, 5.74) is 1.84. The molecular weight excluding hydrogens is 468 g/mol. The average molecular weight is 491 g/mol. The molecule has 0 amide bonds. The van der Waals surface area contributed by atoms with Gasteiger partial charge in [-0.05, 0) is 61.6 Å². The highest BCUT2D eigenvalue weighted by atomic mass is 35.5. The minimum atomic E-state index is 0.163. The van der Waals surface area contributed by atoms with Crippen molar-refractivity contribution in [3.63, 3.8) is 0 Å². The lowest BCUT2D eigenvalue weighted by atomic mass is 10.2. The van der Waals surface area contributed by atoms with Crippen molar-refractivity contribution >= 4 is 52.6 Å². The molecule has 2 aromatic carbocycles. The molecular formula is C22H23Cl4NO3. The van der Waals surface area contributed by atoms with E-state index < -0.39 is 0 Å². The van der Waals surface area contributed by atoms with Crippen LogP contribution in [0.5, 0.6) is 11.5 Å². The number of hydrogen-bond acceptors (Lipinski definition) is 4. The molecule has 0 radical (unpaired) electrons. The lowest BCUT2D eigenvalue weighted by molar-refractivity contribution is 0.140. The fraction of sp³-hybridized carbons (Fsp3) is 0.318. The fourth-order valence-corrected chi connectivity index (χ4v) is 3.05. The van der Waals surface area contributed by atoms with Gasteiger partial charge in [-0.25, -0.2) is 0 Å². The molecule has 4 nitrogen and oxygen atoms in total. The van der Waals surface area contributed by atoms with Gasteiger partial charge < -0.3 is 14.3 Å². The quantitative estimate of drug-likeness (QED) is 0.174. The minimum absolute atomic E-state index is 0.163. The molecule has 0 aliphatic carbocycles. The molecule has 0 atom stereocenters. The van der Waals surface area contributed by atoms with E-state index in [-0.39, 0.29) is 11.1 Å². The maximum absolute atomic E-state index is 6.32. The first-order chi connectivity index (χ1) is 14.5. The van der Waals surface area contributed by atoms with Crippen LogP contribution in [-0.2, 0) is 4.84 Å². The Morgan fingerprint density at radius 3 is 2.40 bits per heavy atom. The van der Waals surface area contributed by atoms with Crippen molar-refractivity contribution in [1.29, 1.82) is 0 Å². The predicted molar refractivity (Wildman–Crippen MR) is 126 cm³/mol. The summed E-state index contributed by atoms with van der Waals surface area (Å²) in [6.07, 6.45) is 5.95. The van der Waals surface area contributed by atoms with E-state index in [4.69, 9.17) is 60.7 Å². The Hall–Kier alpha value is -1.59. The SMILES string of the molecule is Cc1cc(OCC=C(Cl)Cl)cc(Cl)c1OCCCCCON=Cc1ccc(Cl)cc1. The van der Waals surface area contributed by atoms with E-state index in [1.165, 1.54) is 0 Å². The lowest BCUT2D eigenvalue weighted by Gasteiger charge is -2.13. The molecule has 8 heteroatoms. The number of hydrogen-bond donors (Lipinski definition) is 0. The molecule has 0 heterocycles. The third-order valence-corrected chi connectivity index (χ3v) is 4.80. The van der Waals surface area contributed by atoms with Gasteiger partial charge in [0.05, 0.1) is 17.8 Å². The molecule has 0 N–H and O–H groups in total. The smallest absolute Gasteiger partial charge is 0.141 e. The molecule has 0 fully saturated rings. The van der Waals surface area contributed by atoms with Crippen LogP contribution in [0.3, 0.4) is 0 Å². The van der Waals surface area contributed by atoms with Crippen LogP contribution in [0.15, 0.2) is 52.1 Å². The number of benzene rings is 2. The largest absolute Gasteiger partial charge is 0.492 e. The van der Waals surface area contributed by atoms with Gasteiger partial charge in [-0.1, -0.05) is 63.7 Å². The van der Waals surface area contributed by atoms with E-state index in [9.17, 15) is 0 Å². The van der Waals surface area contributed by atoms with Gasteiger partial charge in [0.15, 0.2) is 0 Å². The Bertz CT molecular complexity index is 827. The van der Waals surface area contributed by atoms with Gasteiger partial charge in [0.1, 0.15) is 29.2 Å². The van der Waals surface area contributed by atoms with Gasteiger partial charge in [0.2, 0.25) is 0 Å². The van der Waals surface area contributed by atoms with Crippen LogP contribution in [0, 0.1) is 6.92 Å². The van der Waals surface area contributed by atoms with Gasteiger partial charge in [-0.15, -0.1) is 0 Å². The second-order valence-corrected chi connectivity index (χ2v) is 8.24. The van der Waals surface area contributed by atoms with E-state index in [0.29, 0.717) is 34.8 Å². The maximum atomic E-state index is 6.32. The standard InChI is InChI=1S/C22H23Cl4NO3/c1-16-13-19(28-12-9-21(25)26)14-20(24)22(16)29-10-3-2-4-11-30-27-15-17-5-7-18(23)8-6-17/h5-9,13-15H,2-4,10-12H2,1H3. The number of halogens is 4. The summed E-state index contributed by atoms with van der Waals surface area (Å²) in [6.45, 7) is 3.31. The molecule has 0 unspecified atom stereocenters. The molecule has 0 aliphatic heterocycles. The topological polar surface area (TPSA) is 40.0 Å². The van der Waals surface area contributed by atoms with Gasteiger partial charge in [0, 0.05) is 11.1 Å². The van der Waals surface area contributed by atoms with Crippen LogP contribution in [0.4, 0.5) is 0 Å². The summed E-state index contributed by atoms with van der Waals surface area (Å²) >= 11 is 23.3. The second kappa shape index (κ2) is 13.7. The van der Waals surface area contributed by atoms with Crippen molar-refractivity contribution in [2.75, 3.05) is 19.8 Å². The Labute approximate surface area is 197 Å². The second-order valence-electron chi connectivity index (χ2n) is 6.38. The van der Waals surface area contributed by atoms with Crippen LogP contribution in [-0.4, -0.2) is 26.0 Å². The summed E-state index contributed by atoms with van der Waals surface area (Å²) < 4.78 is 11.5. The first-order valence-corrected chi connectivity index (χ1v) is 10.9. The summed E-state index contributed by atoms with van der Waals surface area (Å²) in [4.78, 5) is 5.27. The molecule has 0 aromatic heterocycles. The summed E-state index contributed by atoms with van der Waals surface area (Å²) in [7, 11) is 0. The monoisotopic (exact) mass is 489 g/mol. The van der Waals surface area contributed by atoms with Gasteiger partial charge in [-0.3, -0.25) is 0 Å². The molecule has 0 saturated heterocycles. The molecule has 2 aromatic rings. The summed E-state index contributed by atoms with van der Waals surface area (Å²) in [5.74, 6) is 1.30.